The molecular weight excluding hydrogens is 336 g/mol. The zero-order valence-corrected chi connectivity index (χ0v) is 16.7. The zero-order valence-electron chi connectivity index (χ0n) is 16.7. The third-order valence-corrected chi connectivity index (χ3v) is 4.61. The van der Waals surface area contributed by atoms with Gasteiger partial charge in [0.15, 0.2) is 0 Å². The van der Waals surface area contributed by atoms with Crippen molar-refractivity contribution in [1.29, 1.82) is 0 Å². The summed E-state index contributed by atoms with van der Waals surface area (Å²) in [5.41, 5.74) is 3.10. The second-order valence-corrected chi connectivity index (χ2v) is 7.54. The smallest absolute Gasteiger partial charge is 0.224 e. The van der Waals surface area contributed by atoms with Crippen molar-refractivity contribution < 1.29 is 9.59 Å². The molecule has 0 aliphatic rings. The van der Waals surface area contributed by atoms with Gasteiger partial charge in [0.1, 0.15) is 0 Å². The van der Waals surface area contributed by atoms with Gasteiger partial charge in [-0.15, -0.1) is 0 Å². The summed E-state index contributed by atoms with van der Waals surface area (Å²) in [4.78, 5) is 24.5. The summed E-state index contributed by atoms with van der Waals surface area (Å²) in [7, 11) is 0. The molecule has 4 heteroatoms. The average molecular weight is 367 g/mol. The van der Waals surface area contributed by atoms with Crippen LogP contribution >= 0.6 is 0 Å². The van der Waals surface area contributed by atoms with Crippen LogP contribution in [0.15, 0.2) is 54.6 Å². The Labute approximate surface area is 162 Å². The minimum absolute atomic E-state index is 0.0251. The molecule has 0 fully saturated rings. The van der Waals surface area contributed by atoms with E-state index in [1.54, 1.807) is 0 Å². The van der Waals surface area contributed by atoms with Gasteiger partial charge >= 0.3 is 0 Å². The van der Waals surface area contributed by atoms with Crippen LogP contribution in [-0.4, -0.2) is 11.8 Å². The molecule has 0 bridgehead atoms. The van der Waals surface area contributed by atoms with Gasteiger partial charge in [-0.2, -0.15) is 0 Å². The molecule has 0 aliphatic carbocycles. The molecule has 2 rings (SSSR count). The molecule has 4 nitrogen and oxygen atoms in total. The maximum absolute atomic E-state index is 12.2. The number of carbonyl (C=O) groups is 2. The number of anilines is 1. The maximum atomic E-state index is 12.2. The summed E-state index contributed by atoms with van der Waals surface area (Å²) in [6, 6.07) is 17.7. The molecule has 2 amide bonds. The van der Waals surface area contributed by atoms with E-state index in [4.69, 9.17) is 0 Å². The molecule has 0 saturated heterocycles. The van der Waals surface area contributed by atoms with Crippen LogP contribution < -0.4 is 10.6 Å². The number of nitrogens with one attached hydrogen (secondary N) is 2. The van der Waals surface area contributed by atoms with Gasteiger partial charge in [-0.3, -0.25) is 9.59 Å². The van der Waals surface area contributed by atoms with Crippen LogP contribution in [0.5, 0.6) is 0 Å². The van der Waals surface area contributed by atoms with Gasteiger partial charge in [0, 0.05) is 18.5 Å². The summed E-state index contributed by atoms with van der Waals surface area (Å²) in [6.45, 7) is 8.16. The fraction of sp³-hybridized carbons (Fsp3) is 0.391. The number of rotatable bonds is 8. The van der Waals surface area contributed by atoms with E-state index in [2.05, 4.69) is 24.5 Å². The lowest BCUT2D eigenvalue weighted by molar-refractivity contribution is -0.123. The van der Waals surface area contributed by atoms with E-state index in [1.165, 1.54) is 5.56 Å². The van der Waals surface area contributed by atoms with Crippen LogP contribution in [0.4, 0.5) is 5.69 Å². The topological polar surface area (TPSA) is 58.2 Å². The first-order valence-electron chi connectivity index (χ1n) is 9.59. The Kier molecular flexibility index (Phi) is 7.59. The number of carbonyl (C=O) groups excluding carboxylic acids is 2. The molecule has 2 aromatic rings. The van der Waals surface area contributed by atoms with Gasteiger partial charge in [-0.1, -0.05) is 63.2 Å². The maximum Gasteiger partial charge on any atom is 0.224 e. The van der Waals surface area contributed by atoms with E-state index in [0.717, 1.165) is 11.3 Å². The normalized spacial score (nSPS) is 13.1. The Hall–Kier alpha value is -2.62. The Morgan fingerprint density at radius 2 is 1.37 bits per heavy atom. The predicted octanol–water partition coefficient (Wildman–Crippen LogP) is 5.04. The first-order valence-corrected chi connectivity index (χ1v) is 9.59. The highest BCUT2D eigenvalue weighted by Crippen LogP contribution is 2.18. The van der Waals surface area contributed by atoms with Crippen LogP contribution in [0.25, 0.3) is 0 Å². The lowest BCUT2D eigenvalue weighted by Crippen LogP contribution is -2.28. The lowest BCUT2D eigenvalue weighted by atomic mass is 10.0. The second kappa shape index (κ2) is 9.91. The van der Waals surface area contributed by atoms with Gasteiger partial charge in [0.25, 0.3) is 0 Å². The summed E-state index contributed by atoms with van der Waals surface area (Å²) in [5, 5.41) is 5.90. The fourth-order valence-corrected chi connectivity index (χ4v) is 2.99. The summed E-state index contributed by atoms with van der Waals surface area (Å²) in [5.74, 6) is 0.339. The van der Waals surface area contributed by atoms with Gasteiger partial charge in [0.2, 0.25) is 11.8 Å². The Morgan fingerprint density at radius 3 is 1.96 bits per heavy atom. The predicted molar refractivity (Wildman–Crippen MR) is 111 cm³/mol. The van der Waals surface area contributed by atoms with Crippen LogP contribution in [0.1, 0.15) is 63.6 Å². The minimum Gasteiger partial charge on any atom is -0.350 e. The second-order valence-electron chi connectivity index (χ2n) is 7.54. The van der Waals surface area contributed by atoms with Crippen molar-refractivity contribution in [1.82, 2.24) is 5.32 Å². The van der Waals surface area contributed by atoms with Crippen molar-refractivity contribution in [2.75, 3.05) is 5.32 Å². The van der Waals surface area contributed by atoms with Crippen molar-refractivity contribution in [2.24, 2.45) is 5.92 Å². The monoisotopic (exact) mass is 366 g/mol. The number of benzene rings is 2. The van der Waals surface area contributed by atoms with Crippen LogP contribution in [-0.2, 0) is 9.59 Å². The SMILES string of the molecule is CC(C)c1ccc(NC(=O)C[C@H](C)CC(=O)N[C@@H](C)c2ccccc2)cc1. The molecule has 2 atom stereocenters. The Bertz CT molecular complexity index is 739. The molecule has 27 heavy (non-hydrogen) atoms. The molecular formula is C23H30N2O2. The first kappa shape index (κ1) is 20.7. The molecule has 0 aromatic heterocycles. The fourth-order valence-electron chi connectivity index (χ4n) is 2.99. The van der Waals surface area contributed by atoms with E-state index in [1.807, 2.05) is 68.4 Å². The summed E-state index contributed by atoms with van der Waals surface area (Å²) < 4.78 is 0. The standard InChI is InChI=1S/C23H30N2O2/c1-16(2)19-10-12-21(13-11-19)25-23(27)15-17(3)14-22(26)24-18(4)20-8-6-5-7-9-20/h5-13,16-18H,14-15H2,1-4H3,(H,24,26)(H,25,27)/t17-,18+/m1/s1. The third-order valence-electron chi connectivity index (χ3n) is 4.61. The molecule has 2 aromatic carbocycles. The Morgan fingerprint density at radius 1 is 0.778 bits per heavy atom. The van der Waals surface area contributed by atoms with E-state index in [9.17, 15) is 9.59 Å². The molecule has 2 N–H and O–H groups in total. The van der Waals surface area contributed by atoms with E-state index < -0.39 is 0 Å². The highest BCUT2D eigenvalue weighted by Gasteiger charge is 2.16. The third kappa shape index (κ3) is 6.89. The summed E-state index contributed by atoms with van der Waals surface area (Å²) in [6.07, 6.45) is 0.649. The molecule has 0 saturated carbocycles. The highest BCUT2D eigenvalue weighted by molar-refractivity contribution is 5.91. The van der Waals surface area contributed by atoms with Crippen LogP contribution in [0, 0.1) is 5.92 Å². The van der Waals surface area contributed by atoms with Crippen LogP contribution in [0.2, 0.25) is 0 Å². The minimum atomic E-state index is -0.0660. The van der Waals surface area contributed by atoms with Gasteiger partial charge in [-0.05, 0) is 42.0 Å². The van der Waals surface area contributed by atoms with E-state index in [-0.39, 0.29) is 23.8 Å². The highest BCUT2D eigenvalue weighted by atomic mass is 16.2. The van der Waals surface area contributed by atoms with Gasteiger partial charge in [-0.25, -0.2) is 0 Å². The van der Waals surface area contributed by atoms with Crippen molar-refractivity contribution in [3.8, 4) is 0 Å². The molecule has 0 radical (unpaired) electrons. The van der Waals surface area contributed by atoms with Crippen molar-refractivity contribution in [3.63, 3.8) is 0 Å². The summed E-state index contributed by atoms with van der Waals surface area (Å²) >= 11 is 0. The van der Waals surface area contributed by atoms with E-state index >= 15 is 0 Å². The number of hydrogen-bond acceptors (Lipinski definition) is 2. The van der Waals surface area contributed by atoms with E-state index in [0.29, 0.717) is 18.8 Å². The Balaban J connectivity index is 1.77. The van der Waals surface area contributed by atoms with Crippen molar-refractivity contribution >= 4 is 17.5 Å². The molecule has 0 unspecified atom stereocenters. The zero-order chi connectivity index (χ0) is 19.8. The molecule has 144 valence electrons. The van der Waals surface area contributed by atoms with Gasteiger partial charge in [0.05, 0.1) is 6.04 Å². The average Bonchev–Trinajstić information content (AvgIpc) is 2.62. The lowest BCUT2D eigenvalue weighted by Gasteiger charge is -2.16. The largest absolute Gasteiger partial charge is 0.350 e. The first-order chi connectivity index (χ1) is 12.8. The van der Waals surface area contributed by atoms with Crippen molar-refractivity contribution in [3.05, 3.63) is 65.7 Å². The van der Waals surface area contributed by atoms with Gasteiger partial charge < -0.3 is 10.6 Å². The quantitative estimate of drug-likeness (QED) is 0.687. The molecule has 0 aliphatic heterocycles. The molecule has 0 heterocycles. The number of hydrogen-bond donors (Lipinski definition) is 2. The molecule has 0 spiro atoms. The number of amides is 2. The van der Waals surface area contributed by atoms with Crippen molar-refractivity contribution in [2.45, 2.75) is 52.5 Å². The van der Waals surface area contributed by atoms with Crippen LogP contribution in [0.3, 0.4) is 0 Å².